The summed E-state index contributed by atoms with van der Waals surface area (Å²) in [6.07, 6.45) is 4.61. The number of phenols is 1. The van der Waals surface area contributed by atoms with Crippen molar-refractivity contribution < 1.29 is 18.3 Å². The number of nitrogens with one attached hydrogen (secondary N) is 1. The van der Waals surface area contributed by atoms with Gasteiger partial charge in [-0.1, -0.05) is 38.3 Å². The van der Waals surface area contributed by atoms with Crippen molar-refractivity contribution in [3.05, 3.63) is 54.1 Å². The van der Waals surface area contributed by atoms with E-state index in [4.69, 9.17) is 0 Å². The van der Waals surface area contributed by atoms with Gasteiger partial charge in [-0.2, -0.15) is 0 Å². The number of benzene rings is 2. The lowest BCUT2D eigenvalue weighted by Crippen LogP contribution is -2.13. The number of hydrogen-bond acceptors (Lipinski definition) is 4. The Morgan fingerprint density at radius 1 is 0.960 bits per heavy atom. The van der Waals surface area contributed by atoms with Crippen molar-refractivity contribution in [1.29, 1.82) is 0 Å². The third-order valence-corrected chi connectivity index (χ3v) is 5.26. The fraction of sp³-hybridized carbons (Fsp3) is 0.316. The van der Waals surface area contributed by atoms with E-state index in [-0.39, 0.29) is 16.4 Å². The summed E-state index contributed by atoms with van der Waals surface area (Å²) in [6, 6.07) is 11.7. The molecule has 0 aliphatic rings. The van der Waals surface area contributed by atoms with Crippen molar-refractivity contribution in [1.82, 2.24) is 0 Å². The van der Waals surface area contributed by atoms with Crippen LogP contribution in [-0.4, -0.2) is 19.3 Å². The Labute approximate surface area is 148 Å². The van der Waals surface area contributed by atoms with Crippen LogP contribution >= 0.6 is 0 Å². The van der Waals surface area contributed by atoms with Crippen LogP contribution in [0.25, 0.3) is 0 Å². The molecule has 0 atom stereocenters. The molecule has 0 spiro atoms. The monoisotopic (exact) mass is 361 g/mol. The maximum atomic E-state index is 12.4. The van der Waals surface area contributed by atoms with E-state index in [2.05, 4.69) is 11.6 Å². The van der Waals surface area contributed by atoms with Crippen LogP contribution in [0.1, 0.15) is 49.4 Å². The highest BCUT2D eigenvalue weighted by molar-refractivity contribution is 7.92. The first-order chi connectivity index (χ1) is 11.9. The molecule has 0 radical (unpaired) electrons. The SMILES string of the molecule is CCCCCCC(=O)c1ccc(S(=O)(=O)Nc2ccc(O)cc2)cc1. The predicted octanol–water partition coefficient (Wildman–Crippen LogP) is 4.35. The zero-order chi connectivity index (χ0) is 18.3. The number of phenolic OH excluding ortho intramolecular Hbond substituents is 1. The molecule has 134 valence electrons. The predicted molar refractivity (Wildman–Crippen MR) is 98.4 cm³/mol. The van der Waals surface area contributed by atoms with Crippen LogP contribution in [0, 0.1) is 0 Å². The first-order valence-electron chi connectivity index (χ1n) is 8.37. The molecule has 0 saturated heterocycles. The van der Waals surface area contributed by atoms with Gasteiger partial charge in [0.15, 0.2) is 5.78 Å². The summed E-state index contributed by atoms with van der Waals surface area (Å²) in [6.45, 7) is 2.12. The van der Waals surface area contributed by atoms with Gasteiger partial charge in [0.25, 0.3) is 10.0 Å². The second-order valence-electron chi connectivity index (χ2n) is 5.91. The van der Waals surface area contributed by atoms with Crippen LogP contribution in [0.3, 0.4) is 0 Å². The fourth-order valence-electron chi connectivity index (χ4n) is 2.42. The maximum Gasteiger partial charge on any atom is 0.261 e. The number of aromatic hydroxyl groups is 1. The third kappa shape index (κ3) is 5.60. The molecule has 0 saturated carbocycles. The molecule has 6 heteroatoms. The second-order valence-corrected chi connectivity index (χ2v) is 7.59. The molecule has 2 rings (SSSR count). The first-order valence-corrected chi connectivity index (χ1v) is 9.86. The summed E-state index contributed by atoms with van der Waals surface area (Å²) in [5.74, 6) is 0.0938. The molecule has 2 aromatic carbocycles. The Balaban J connectivity index is 2.02. The lowest BCUT2D eigenvalue weighted by Gasteiger charge is -2.09. The number of carbonyl (C=O) groups excluding carboxylic acids is 1. The normalized spacial score (nSPS) is 11.2. The number of sulfonamides is 1. The van der Waals surface area contributed by atoms with E-state index in [9.17, 15) is 18.3 Å². The molecule has 0 aliphatic carbocycles. The molecule has 0 aliphatic heterocycles. The first kappa shape index (κ1) is 19.0. The molecule has 0 fully saturated rings. The quantitative estimate of drug-likeness (QED) is 0.395. The highest BCUT2D eigenvalue weighted by Gasteiger charge is 2.15. The van der Waals surface area contributed by atoms with Crippen LogP contribution in [0.4, 0.5) is 5.69 Å². The Kier molecular flexibility index (Phi) is 6.58. The van der Waals surface area contributed by atoms with Gasteiger partial charge in [-0.25, -0.2) is 8.42 Å². The van der Waals surface area contributed by atoms with E-state index >= 15 is 0 Å². The van der Waals surface area contributed by atoms with Gasteiger partial charge in [0, 0.05) is 17.7 Å². The van der Waals surface area contributed by atoms with Crippen molar-refractivity contribution in [3.8, 4) is 5.75 Å². The van der Waals surface area contributed by atoms with Crippen molar-refractivity contribution >= 4 is 21.5 Å². The highest BCUT2D eigenvalue weighted by atomic mass is 32.2. The van der Waals surface area contributed by atoms with Crippen LogP contribution in [0.15, 0.2) is 53.4 Å². The number of ketones is 1. The molecule has 0 aromatic heterocycles. The Bertz CT molecular complexity index is 796. The molecule has 0 amide bonds. The number of Topliss-reactive ketones (excluding diaryl/α,β-unsaturated/α-hetero) is 1. The summed E-state index contributed by atoms with van der Waals surface area (Å²) in [5, 5.41) is 9.24. The highest BCUT2D eigenvalue weighted by Crippen LogP contribution is 2.19. The van der Waals surface area contributed by atoms with E-state index in [1.807, 2.05) is 0 Å². The van der Waals surface area contributed by atoms with E-state index < -0.39 is 10.0 Å². The molecule has 0 unspecified atom stereocenters. The van der Waals surface area contributed by atoms with Crippen molar-refractivity contribution in [2.24, 2.45) is 0 Å². The van der Waals surface area contributed by atoms with E-state index in [0.717, 1.165) is 25.7 Å². The number of hydrogen-bond donors (Lipinski definition) is 2. The molecule has 0 bridgehead atoms. The van der Waals surface area contributed by atoms with Gasteiger partial charge in [0.2, 0.25) is 0 Å². The summed E-state index contributed by atoms with van der Waals surface area (Å²) >= 11 is 0. The van der Waals surface area contributed by atoms with E-state index in [1.54, 1.807) is 12.1 Å². The lowest BCUT2D eigenvalue weighted by molar-refractivity contribution is 0.0979. The molecular formula is C19H23NO4S. The van der Waals surface area contributed by atoms with Crippen molar-refractivity contribution in [2.75, 3.05) is 4.72 Å². The third-order valence-electron chi connectivity index (χ3n) is 3.86. The summed E-state index contributed by atoms with van der Waals surface area (Å²) < 4.78 is 27.1. The maximum absolute atomic E-state index is 12.4. The number of rotatable bonds is 9. The van der Waals surface area contributed by atoms with Crippen molar-refractivity contribution in [3.63, 3.8) is 0 Å². The lowest BCUT2D eigenvalue weighted by atomic mass is 10.0. The molecule has 0 heterocycles. The summed E-state index contributed by atoms with van der Waals surface area (Å²) in [7, 11) is -3.74. The largest absolute Gasteiger partial charge is 0.508 e. The average molecular weight is 361 g/mol. The smallest absolute Gasteiger partial charge is 0.261 e. The van der Waals surface area contributed by atoms with Gasteiger partial charge in [-0.15, -0.1) is 0 Å². The van der Waals surface area contributed by atoms with Gasteiger partial charge >= 0.3 is 0 Å². The zero-order valence-electron chi connectivity index (χ0n) is 14.2. The van der Waals surface area contributed by atoms with Gasteiger partial charge in [-0.05, 0) is 42.8 Å². The minimum absolute atomic E-state index is 0.0338. The Morgan fingerprint density at radius 2 is 1.60 bits per heavy atom. The summed E-state index contributed by atoms with van der Waals surface area (Å²) in [4.78, 5) is 12.2. The summed E-state index contributed by atoms with van der Waals surface area (Å²) in [5.41, 5.74) is 0.883. The van der Waals surface area contributed by atoms with Crippen molar-refractivity contribution in [2.45, 2.75) is 43.9 Å². The minimum atomic E-state index is -3.74. The van der Waals surface area contributed by atoms with Crippen LogP contribution in [0.5, 0.6) is 5.75 Å². The second kappa shape index (κ2) is 8.67. The van der Waals surface area contributed by atoms with Crippen LogP contribution in [-0.2, 0) is 10.0 Å². The topological polar surface area (TPSA) is 83.5 Å². The number of carbonyl (C=O) groups is 1. The van der Waals surface area contributed by atoms with Gasteiger partial charge in [0.1, 0.15) is 5.75 Å². The molecule has 2 N–H and O–H groups in total. The van der Waals surface area contributed by atoms with Crippen LogP contribution in [0.2, 0.25) is 0 Å². The van der Waals surface area contributed by atoms with Gasteiger partial charge < -0.3 is 5.11 Å². The standard InChI is InChI=1S/C19H23NO4S/c1-2-3-4-5-6-19(22)15-7-13-18(14-8-15)25(23,24)20-16-9-11-17(21)12-10-16/h7-14,20-21H,2-6H2,1H3. The zero-order valence-corrected chi connectivity index (χ0v) is 15.1. The molecule has 2 aromatic rings. The molecule has 25 heavy (non-hydrogen) atoms. The fourth-order valence-corrected chi connectivity index (χ4v) is 3.48. The van der Waals surface area contributed by atoms with Gasteiger partial charge in [-0.3, -0.25) is 9.52 Å². The Morgan fingerprint density at radius 3 is 2.20 bits per heavy atom. The van der Waals surface area contributed by atoms with E-state index in [0.29, 0.717) is 17.7 Å². The number of anilines is 1. The number of unbranched alkanes of at least 4 members (excludes halogenated alkanes) is 3. The molecular weight excluding hydrogens is 338 g/mol. The Hall–Kier alpha value is -2.34. The van der Waals surface area contributed by atoms with E-state index in [1.165, 1.54) is 36.4 Å². The van der Waals surface area contributed by atoms with Crippen LogP contribution < -0.4 is 4.72 Å². The molecule has 5 nitrogen and oxygen atoms in total. The minimum Gasteiger partial charge on any atom is -0.508 e. The van der Waals surface area contributed by atoms with Gasteiger partial charge in [0.05, 0.1) is 4.90 Å². The average Bonchev–Trinajstić information content (AvgIpc) is 2.60.